The van der Waals surface area contributed by atoms with E-state index < -0.39 is 5.91 Å². The van der Waals surface area contributed by atoms with Crippen LogP contribution in [0.25, 0.3) is 0 Å². The summed E-state index contributed by atoms with van der Waals surface area (Å²) in [6.45, 7) is 1.57. The lowest BCUT2D eigenvalue weighted by molar-refractivity contribution is 0.0265. The van der Waals surface area contributed by atoms with E-state index in [9.17, 15) is 9.90 Å². The maximum absolute atomic E-state index is 11.2. The van der Waals surface area contributed by atoms with Gasteiger partial charge in [-0.1, -0.05) is 0 Å². The van der Waals surface area contributed by atoms with Crippen LogP contribution in [0.4, 0.5) is 0 Å². The average Bonchev–Trinajstić information content (AvgIpc) is 2.74. The van der Waals surface area contributed by atoms with Crippen LogP contribution in [-0.4, -0.2) is 35.6 Å². The Morgan fingerprint density at radius 1 is 1.61 bits per heavy atom. The fourth-order valence-corrected chi connectivity index (χ4v) is 2.28. The molecule has 1 aliphatic rings. The van der Waals surface area contributed by atoms with Crippen LogP contribution in [-0.2, 0) is 6.54 Å². The van der Waals surface area contributed by atoms with Gasteiger partial charge in [-0.15, -0.1) is 0 Å². The van der Waals surface area contributed by atoms with Gasteiger partial charge in [0.25, 0.3) is 0 Å². The van der Waals surface area contributed by atoms with Crippen molar-refractivity contribution in [1.29, 1.82) is 0 Å². The van der Waals surface area contributed by atoms with E-state index in [0.29, 0.717) is 12.5 Å². The van der Waals surface area contributed by atoms with Crippen molar-refractivity contribution in [2.75, 3.05) is 13.6 Å². The van der Waals surface area contributed by atoms with E-state index >= 15 is 0 Å². The topological polar surface area (TPSA) is 91.7 Å². The number of nitrogens with zero attached hydrogens (tertiary/aromatic N) is 1. The molecule has 0 aliphatic heterocycles. The third kappa shape index (κ3) is 3.10. The number of aliphatic hydroxyl groups is 1. The highest BCUT2D eigenvalue weighted by atomic mass is 16.4. The SMILES string of the molecule is CN(Cc1ccc(C(=O)NN)o1)CC1CC(O)C1. The zero-order valence-electron chi connectivity index (χ0n) is 10.4. The van der Waals surface area contributed by atoms with Crippen LogP contribution in [0.15, 0.2) is 16.5 Å². The molecule has 6 heteroatoms. The van der Waals surface area contributed by atoms with E-state index in [0.717, 1.165) is 25.1 Å². The zero-order chi connectivity index (χ0) is 13.1. The first-order valence-electron chi connectivity index (χ1n) is 6.04. The maximum atomic E-state index is 11.2. The minimum absolute atomic E-state index is 0.119. The second-order valence-corrected chi connectivity index (χ2v) is 4.93. The molecule has 100 valence electrons. The van der Waals surface area contributed by atoms with Crippen LogP contribution in [0.2, 0.25) is 0 Å². The number of nitrogens with one attached hydrogen (secondary N) is 1. The van der Waals surface area contributed by atoms with Crippen LogP contribution in [0.1, 0.15) is 29.2 Å². The lowest BCUT2D eigenvalue weighted by Crippen LogP contribution is -2.36. The molecule has 0 spiro atoms. The number of furan rings is 1. The average molecular weight is 253 g/mol. The van der Waals surface area contributed by atoms with Crippen molar-refractivity contribution in [2.45, 2.75) is 25.5 Å². The number of carbonyl (C=O) groups is 1. The maximum Gasteiger partial charge on any atom is 0.300 e. The number of hydrogen-bond donors (Lipinski definition) is 3. The molecule has 0 bridgehead atoms. The molecular formula is C12H19N3O3. The van der Waals surface area contributed by atoms with Gasteiger partial charge in [-0.2, -0.15) is 0 Å². The molecule has 1 amide bonds. The predicted octanol–water partition coefficient (Wildman–Crippen LogP) is 0.0858. The monoisotopic (exact) mass is 253 g/mol. The standard InChI is InChI=1S/C12H19N3O3/c1-15(6-8-4-9(16)5-8)7-10-2-3-11(18-10)12(17)14-13/h2-3,8-9,16H,4-7,13H2,1H3,(H,14,17). The van der Waals surface area contributed by atoms with Gasteiger partial charge in [0.05, 0.1) is 12.6 Å². The molecule has 1 heterocycles. The van der Waals surface area contributed by atoms with Gasteiger partial charge in [0.2, 0.25) is 0 Å². The molecule has 0 atom stereocenters. The lowest BCUT2D eigenvalue weighted by atomic mass is 9.82. The Balaban J connectivity index is 1.81. The summed E-state index contributed by atoms with van der Waals surface area (Å²) in [6.07, 6.45) is 1.64. The van der Waals surface area contributed by atoms with Crippen molar-refractivity contribution < 1.29 is 14.3 Å². The van der Waals surface area contributed by atoms with Gasteiger partial charge in [0.15, 0.2) is 5.76 Å². The first-order chi connectivity index (χ1) is 8.58. The Kier molecular flexibility index (Phi) is 4.00. The van der Waals surface area contributed by atoms with Crippen molar-refractivity contribution in [2.24, 2.45) is 11.8 Å². The molecule has 18 heavy (non-hydrogen) atoms. The van der Waals surface area contributed by atoms with E-state index in [4.69, 9.17) is 10.3 Å². The van der Waals surface area contributed by atoms with Crippen molar-refractivity contribution in [3.05, 3.63) is 23.7 Å². The van der Waals surface area contributed by atoms with Crippen molar-refractivity contribution >= 4 is 5.91 Å². The number of carbonyl (C=O) groups excluding carboxylic acids is 1. The number of rotatable bonds is 5. The Morgan fingerprint density at radius 3 is 2.94 bits per heavy atom. The molecule has 1 saturated carbocycles. The van der Waals surface area contributed by atoms with E-state index in [2.05, 4.69) is 4.90 Å². The summed E-state index contributed by atoms with van der Waals surface area (Å²) < 4.78 is 5.38. The largest absolute Gasteiger partial charge is 0.455 e. The smallest absolute Gasteiger partial charge is 0.300 e. The van der Waals surface area contributed by atoms with Gasteiger partial charge in [-0.3, -0.25) is 15.1 Å². The van der Waals surface area contributed by atoms with E-state index in [1.54, 1.807) is 12.1 Å². The molecule has 1 aliphatic carbocycles. The first-order valence-corrected chi connectivity index (χ1v) is 6.04. The molecular weight excluding hydrogens is 234 g/mol. The number of nitrogens with two attached hydrogens (primary N) is 1. The van der Waals surface area contributed by atoms with Crippen molar-refractivity contribution in [3.63, 3.8) is 0 Å². The first kappa shape index (κ1) is 13.1. The summed E-state index contributed by atoms with van der Waals surface area (Å²) in [6, 6.07) is 3.38. The number of amides is 1. The summed E-state index contributed by atoms with van der Waals surface area (Å²) in [5.41, 5.74) is 2.03. The van der Waals surface area contributed by atoms with Crippen LogP contribution in [0.3, 0.4) is 0 Å². The van der Waals surface area contributed by atoms with Crippen LogP contribution in [0, 0.1) is 5.92 Å². The van der Waals surface area contributed by atoms with Crippen molar-refractivity contribution in [3.8, 4) is 0 Å². The molecule has 0 unspecified atom stereocenters. The molecule has 6 nitrogen and oxygen atoms in total. The minimum atomic E-state index is -0.425. The fraction of sp³-hybridized carbons (Fsp3) is 0.583. The fourth-order valence-electron chi connectivity index (χ4n) is 2.28. The Hall–Kier alpha value is -1.37. The van der Waals surface area contributed by atoms with Crippen molar-refractivity contribution in [1.82, 2.24) is 10.3 Å². The van der Waals surface area contributed by atoms with Gasteiger partial charge in [0, 0.05) is 6.54 Å². The molecule has 1 aromatic rings. The number of hydrazine groups is 1. The second-order valence-electron chi connectivity index (χ2n) is 4.93. The van der Waals surface area contributed by atoms with Crippen LogP contribution < -0.4 is 11.3 Å². The summed E-state index contributed by atoms with van der Waals surface area (Å²) in [4.78, 5) is 13.3. The summed E-state index contributed by atoms with van der Waals surface area (Å²) in [5.74, 6) is 6.12. The van der Waals surface area contributed by atoms with Gasteiger partial charge >= 0.3 is 5.91 Å². The summed E-state index contributed by atoms with van der Waals surface area (Å²) in [7, 11) is 2.00. The lowest BCUT2D eigenvalue weighted by Gasteiger charge is -2.34. The molecule has 1 fully saturated rings. The Labute approximate surface area is 106 Å². The van der Waals surface area contributed by atoms with E-state index in [1.165, 1.54) is 0 Å². The Bertz CT molecular complexity index is 412. The van der Waals surface area contributed by atoms with Crippen LogP contribution >= 0.6 is 0 Å². The highest BCUT2D eigenvalue weighted by Gasteiger charge is 2.28. The molecule has 0 radical (unpaired) electrons. The van der Waals surface area contributed by atoms with Gasteiger partial charge in [0.1, 0.15) is 5.76 Å². The summed E-state index contributed by atoms with van der Waals surface area (Å²) in [5, 5.41) is 9.22. The summed E-state index contributed by atoms with van der Waals surface area (Å²) >= 11 is 0. The van der Waals surface area contributed by atoms with Gasteiger partial charge in [-0.25, -0.2) is 5.84 Å². The minimum Gasteiger partial charge on any atom is -0.455 e. The molecule has 0 aromatic carbocycles. The molecule has 0 saturated heterocycles. The van der Waals surface area contributed by atoms with Crippen LogP contribution in [0.5, 0.6) is 0 Å². The predicted molar refractivity (Wildman–Crippen MR) is 65.4 cm³/mol. The third-order valence-electron chi connectivity index (χ3n) is 3.22. The van der Waals surface area contributed by atoms with E-state index in [1.807, 2.05) is 12.5 Å². The molecule has 4 N–H and O–H groups in total. The van der Waals surface area contributed by atoms with E-state index in [-0.39, 0.29) is 11.9 Å². The molecule has 2 rings (SSSR count). The highest BCUT2D eigenvalue weighted by Crippen LogP contribution is 2.27. The Morgan fingerprint density at radius 2 is 2.33 bits per heavy atom. The number of hydrogen-bond acceptors (Lipinski definition) is 5. The number of aliphatic hydroxyl groups excluding tert-OH is 1. The molecule has 1 aromatic heterocycles. The highest BCUT2D eigenvalue weighted by molar-refractivity contribution is 5.90. The normalized spacial score (nSPS) is 22.9. The quantitative estimate of drug-likeness (QED) is 0.393. The van der Waals surface area contributed by atoms with Gasteiger partial charge < -0.3 is 9.52 Å². The third-order valence-corrected chi connectivity index (χ3v) is 3.22. The number of nitrogen functional groups attached to an aromatic ring is 1. The van der Waals surface area contributed by atoms with Gasteiger partial charge in [-0.05, 0) is 37.9 Å². The zero-order valence-corrected chi connectivity index (χ0v) is 10.4. The second kappa shape index (κ2) is 5.51.